The summed E-state index contributed by atoms with van der Waals surface area (Å²) in [6.07, 6.45) is 3.49. The van der Waals surface area contributed by atoms with Crippen LogP contribution >= 0.6 is 0 Å². The van der Waals surface area contributed by atoms with Crippen molar-refractivity contribution in [3.8, 4) is 0 Å². The lowest BCUT2D eigenvalue weighted by Gasteiger charge is -2.13. The van der Waals surface area contributed by atoms with Gasteiger partial charge in [0.15, 0.2) is 0 Å². The minimum Gasteiger partial charge on any atom is -0.480 e. The van der Waals surface area contributed by atoms with Gasteiger partial charge < -0.3 is 15.7 Å². The van der Waals surface area contributed by atoms with Gasteiger partial charge in [-0.2, -0.15) is 0 Å². The number of carbonyl (C=O) groups is 2. The van der Waals surface area contributed by atoms with Crippen molar-refractivity contribution in [3.63, 3.8) is 0 Å². The Morgan fingerprint density at radius 1 is 1.53 bits per heavy atom. The molecule has 0 heterocycles. The summed E-state index contributed by atoms with van der Waals surface area (Å²) in [4.78, 5) is 21.9. The Morgan fingerprint density at radius 3 is 2.67 bits per heavy atom. The van der Waals surface area contributed by atoms with Gasteiger partial charge in [-0.05, 0) is 12.8 Å². The number of amides is 2. The number of carboxylic acids is 1. The molecule has 0 fully saturated rings. The lowest BCUT2D eigenvalue weighted by Crippen LogP contribution is -2.46. The van der Waals surface area contributed by atoms with E-state index in [4.69, 9.17) is 5.11 Å². The second-order valence-electron chi connectivity index (χ2n) is 3.16. The molecule has 0 bridgehead atoms. The average molecular weight is 214 g/mol. The molecule has 0 spiro atoms. The van der Waals surface area contributed by atoms with Crippen LogP contribution < -0.4 is 10.6 Å². The molecule has 0 saturated heterocycles. The van der Waals surface area contributed by atoms with E-state index in [9.17, 15) is 9.59 Å². The minimum atomic E-state index is -1.00. The van der Waals surface area contributed by atoms with Gasteiger partial charge in [-0.25, -0.2) is 9.59 Å². The molecular formula is C10H18N2O3. The van der Waals surface area contributed by atoms with E-state index >= 15 is 0 Å². The normalized spacial score (nSPS) is 11.5. The molecule has 5 heteroatoms. The van der Waals surface area contributed by atoms with Crippen molar-refractivity contribution in [1.82, 2.24) is 10.6 Å². The molecule has 3 N–H and O–H groups in total. The monoisotopic (exact) mass is 214 g/mol. The number of carboxylic acid groups (broad SMARTS) is 1. The van der Waals surface area contributed by atoms with Crippen molar-refractivity contribution in [2.24, 2.45) is 0 Å². The summed E-state index contributed by atoms with van der Waals surface area (Å²) in [6, 6.07) is -1.25. The highest BCUT2D eigenvalue weighted by Gasteiger charge is 2.17. The summed E-state index contributed by atoms with van der Waals surface area (Å²) >= 11 is 0. The summed E-state index contributed by atoms with van der Waals surface area (Å²) in [5.41, 5.74) is 0. The molecule has 0 aromatic rings. The van der Waals surface area contributed by atoms with Gasteiger partial charge in [0.1, 0.15) is 6.04 Å². The Kier molecular flexibility index (Phi) is 7.05. The molecule has 5 nitrogen and oxygen atoms in total. The Hall–Kier alpha value is -1.52. The number of hydrogen-bond donors (Lipinski definition) is 3. The smallest absolute Gasteiger partial charge is 0.326 e. The zero-order valence-electron chi connectivity index (χ0n) is 8.95. The van der Waals surface area contributed by atoms with Crippen LogP contribution in [0.4, 0.5) is 4.79 Å². The van der Waals surface area contributed by atoms with Gasteiger partial charge in [-0.15, -0.1) is 6.58 Å². The topological polar surface area (TPSA) is 78.4 Å². The zero-order chi connectivity index (χ0) is 11.7. The van der Waals surface area contributed by atoms with Gasteiger partial charge in [-0.3, -0.25) is 0 Å². The van der Waals surface area contributed by atoms with E-state index in [1.807, 2.05) is 6.92 Å². The second-order valence-corrected chi connectivity index (χ2v) is 3.16. The van der Waals surface area contributed by atoms with Crippen molar-refractivity contribution in [1.29, 1.82) is 0 Å². The highest BCUT2D eigenvalue weighted by Crippen LogP contribution is 1.96. The van der Waals surface area contributed by atoms with Crippen LogP contribution in [-0.4, -0.2) is 29.7 Å². The maximum Gasteiger partial charge on any atom is 0.326 e. The Morgan fingerprint density at radius 2 is 2.20 bits per heavy atom. The van der Waals surface area contributed by atoms with Crippen LogP contribution in [0, 0.1) is 0 Å². The molecule has 15 heavy (non-hydrogen) atoms. The summed E-state index contributed by atoms with van der Waals surface area (Å²) in [5, 5.41) is 13.7. The first-order valence-corrected chi connectivity index (χ1v) is 4.99. The minimum absolute atomic E-state index is 0.435. The molecule has 2 amide bonds. The molecular weight excluding hydrogens is 196 g/mol. The largest absolute Gasteiger partial charge is 0.480 e. The first kappa shape index (κ1) is 13.5. The van der Waals surface area contributed by atoms with E-state index in [0.717, 1.165) is 0 Å². The van der Waals surface area contributed by atoms with Crippen molar-refractivity contribution in [2.45, 2.75) is 32.2 Å². The Bertz CT molecular complexity index is 229. The van der Waals surface area contributed by atoms with Gasteiger partial charge in [0, 0.05) is 6.54 Å². The average Bonchev–Trinajstić information content (AvgIpc) is 2.17. The van der Waals surface area contributed by atoms with Gasteiger partial charge in [0.05, 0.1) is 0 Å². The van der Waals surface area contributed by atoms with E-state index in [2.05, 4.69) is 17.2 Å². The fourth-order valence-electron chi connectivity index (χ4n) is 1.04. The number of urea groups is 1. The predicted octanol–water partition coefficient (Wildman–Crippen LogP) is 1.11. The predicted molar refractivity (Wildman–Crippen MR) is 57.7 cm³/mol. The molecule has 0 rings (SSSR count). The fraction of sp³-hybridized carbons (Fsp3) is 0.600. The highest BCUT2D eigenvalue weighted by molar-refractivity contribution is 5.82. The van der Waals surface area contributed by atoms with Gasteiger partial charge in [0.25, 0.3) is 0 Å². The summed E-state index contributed by atoms with van der Waals surface area (Å²) in [7, 11) is 0. The fourth-order valence-corrected chi connectivity index (χ4v) is 1.04. The van der Waals surface area contributed by atoms with Crippen LogP contribution in [0.25, 0.3) is 0 Å². The zero-order valence-corrected chi connectivity index (χ0v) is 8.95. The maximum absolute atomic E-state index is 11.2. The van der Waals surface area contributed by atoms with E-state index in [1.165, 1.54) is 0 Å². The van der Waals surface area contributed by atoms with Crippen LogP contribution in [0.1, 0.15) is 26.2 Å². The number of carbonyl (C=O) groups excluding carboxylic acids is 1. The number of rotatable bonds is 7. The highest BCUT2D eigenvalue weighted by atomic mass is 16.4. The molecule has 0 aliphatic rings. The number of hydrogen-bond acceptors (Lipinski definition) is 2. The van der Waals surface area contributed by atoms with Crippen LogP contribution in [0.2, 0.25) is 0 Å². The first-order valence-electron chi connectivity index (χ1n) is 4.99. The van der Waals surface area contributed by atoms with Crippen molar-refractivity contribution >= 4 is 12.0 Å². The van der Waals surface area contributed by atoms with Crippen molar-refractivity contribution in [2.75, 3.05) is 6.54 Å². The quantitative estimate of drug-likeness (QED) is 0.439. The van der Waals surface area contributed by atoms with Crippen molar-refractivity contribution < 1.29 is 14.7 Å². The second kappa shape index (κ2) is 7.84. The Balaban J connectivity index is 3.88. The molecule has 0 aromatic carbocycles. The standard InChI is InChI=1S/C10H18N2O3/c1-3-5-7-11-10(15)12-8(6-4-2)9(13)14/h3,8H,1,4-7H2,2H3,(H,13,14)(H2,11,12,15)/t8-/m1/s1. The third-order valence-electron chi connectivity index (χ3n) is 1.81. The van der Waals surface area contributed by atoms with Crippen molar-refractivity contribution in [3.05, 3.63) is 12.7 Å². The molecule has 86 valence electrons. The molecule has 0 aliphatic heterocycles. The third kappa shape index (κ3) is 6.54. The van der Waals surface area contributed by atoms with Crippen LogP contribution in [-0.2, 0) is 4.79 Å². The molecule has 1 atom stereocenters. The molecule has 0 radical (unpaired) electrons. The lowest BCUT2D eigenvalue weighted by atomic mass is 10.2. The molecule has 0 aliphatic carbocycles. The van der Waals surface area contributed by atoms with E-state index in [-0.39, 0.29) is 0 Å². The lowest BCUT2D eigenvalue weighted by molar-refractivity contribution is -0.139. The maximum atomic E-state index is 11.2. The number of aliphatic carboxylic acids is 1. The van der Waals surface area contributed by atoms with E-state index in [1.54, 1.807) is 6.08 Å². The third-order valence-corrected chi connectivity index (χ3v) is 1.81. The van der Waals surface area contributed by atoms with E-state index < -0.39 is 18.0 Å². The van der Waals surface area contributed by atoms with Crippen LogP contribution in [0.15, 0.2) is 12.7 Å². The molecule has 0 saturated carbocycles. The number of nitrogens with one attached hydrogen (secondary N) is 2. The molecule has 0 unspecified atom stereocenters. The van der Waals surface area contributed by atoms with E-state index in [0.29, 0.717) is 25.8 Å². The van der Waals surface area contributed by atoms with Gasteiger partial charge in [-0.1, -0.05) is 19.4 Å². The van der Waals surface area contributed by atoms with Crippen LogP contribution in [0.3, 0.4) is 0 Å². The SMILES string of the molecule is C=CCCNC(=O)N[C@H](CCC)C(=O)O. The van der Waals surface area contributed by atoms with Gasteiger partial charge in [0.2, 0.25) is 0 Å². The van der Waals surface area contributed by atoms with Gasteiger partial charge >= 0.3 is 12.0 Å². The molecule has 0 aromatic heterocycles. The van der Waals surface area contributed by atoms with Crippen LogP contribution in [0.5, 0.6) is 0 Å². The summed E-state index contributed by atoms with van der Waals surface area (Å²) < 4.78 is 0. The first-order chi connectivity index (χ1) is 7.11. The summed E-state index contributed by atoms with van der Waals surface area (Å²) in [5.74, 6) is -1.00. The summed E-state index contributed by atoms with van der Waals surface area (Å²) in [6.45, 7) is 5.84. The Labute approximate surface area is 89.6 Å².